The molecule has 140 valence electrons. The zero-order chi connectivity index (χ0) is 18.6. The minimum Gasteiger partial charge on any atom is -0.382 e. The number of rotatable bonds is 8. The molecule has 11 heteroatoms. The Labute approximate surface area is 144 Å². The molecule has 2 N–H and O–H groups in total. The molecule has 0 aliphatic carbocycles. The molecule has 0 saturated carbocycles. The molecule has 1 saturated heterocycles. The maximum absolute atomic E-state index is 12.2. The van der Waals surface area contributed by atoms with Crippen LogP contribution in [0.15, 0.2) is 15.8 Å². The van der Waals surface area contributed by atoms with Crippen LogP contribution in [0.25, 0.3) is 0 Å². The number of nitrogens with one attached hydrogen (secondary N) is 1. The third-order valence-electron chi connectivity index (χ3n) is 3.92. The van der Waals surface area contributed by atoms with Crippen LogP contribution in [0.4, 0.5) is 0 Å². The van der Waals surface area contributed by atoms with Crippen molar-refractivity contribution >= 4 is 8.25 Å². The summed E-state index contributed by atoms with van der Waals surface area (Å²) in [5, 5.41) is 0. The van der Waals surface area contributed by atoms with E-state index in [1.165, 1.54) is 17.9 Å². The first kappa shape index (κ1) is 19.9. The molecule has 10 nitrogen and oxygen atoms in total. The van der Waals surface area contributed by atoms with E-state index in [1.807, 2.05) is 6.92 Å². The Balaban J connectivity index is 2.39. The number of methoxy groups -OCH3 is 1. The summed E-state index contributed by atoms with van der Waals surface area (Å²) in [6.45, 7) is 3.84. The van der Waals surface area contributed by atoms with Crippen molar-refractivity contribution in [3.05, 3.63) is 32.6 Å². The van der Waals surface area contributed by atoms with Crippen LogP contribution in [-0.4, -0.2) is 53.1 Å². The van der Waals surface area contributed by atoms with Crippen LogP contribution in [0, 0.1) is 6.92 Å². The minimum absolute atomic E-state index is 0.177. The monoisotopic (exact) mass is 377 g/mol. The topological polar surface area (TPSA) is 129 Å². The summed E-state index contributed by atoms with van der Waals surface area (Å²) < 4.78 is 34.0. The van der Waals surface area contributed by atoms with Crippen molar-refractivity contribution in [2.24, 2.45) is 0 Å². The summed E-state index contributed by atoms with van der Waals surface area (Å²) in [5.41, 5.74) is -0.830. The molecule has 1 aromatic heterocycles. The molecule has 0 amide bonds. The highest BCUT2D eigenvalue weighted by Gasteiger charge is 2.51. The summed E-state index contributed by atoms with van der Waals surface area (Å²) in [6.07, 6.45) is -1.29. The zero-order valence-electron chi connectivity index (χ0n) is 14.2. The summed E-state index contributed by atoms with van der Waals surface area (Å²) in [7, 11) is -1.37. The SMILES string of the molecule is CC[C@H]1O[C@@H](n2cc(C)c(=O)[nH]c2=O)[C@@H](OCCOC)C1O[P+](=O)O. The first-order valence-electron chi connectivity index (χ1n) is 7.80. The van der Waals surface area contributed by atoms with Crippen molar-refractivity contribution in [2.45, 2.75) is 44.8 Å². The van der Waals surface area contributed by atoms with Gasteiger partial charge in [0.1, 0.15) is 6.10 Å². The van der Waals surface area contributed by atoms with E-state index in [0.29, 0.717) is 12.0 Å². The standard InChI is InChI=1S/C14H21N2O8P/c1-4-9-10(24-25(19)20)11(22-6-5-21-3)13(23-9)16-7-8(2)12(17)15-14(16)18/h7,9-11,13H,4-6H2,1-3H3,(H-,15,17,18,19,20)/p+1/t9-,10?,11+,13-/m1/s1. The highest BCUT2D eigenvalue weighted by molar-refractivity contribution is 7.32. The Hall–Kier alpha value is -1.42. The van der Waals surface area contributed by atoms with E-state index in [4.69, 9.17) is 23.6 Å². The van der Waals surface area contributed by atoms with Gasteiger partial charge in [0.2, 0.25) is 0 Å². The Morgan fingerprint density at radius 1 is 1.36 bits per heavy atom. The molecular weight excluding hydrogens is 355 g/mol. The Kier molecular flexibility index (Phi) is 7.00. The van der Waals surface area contributed by atoms with Gasteiger partial charge in [0, 0.05) is 23.4 Å². The van der Waals surface area contributed by atoms with Gasteiger partial charge < -0.3 is 14.2 Å². The second-order valence-corrected chi connectivity index (χ2v) is 6.27. The lowest BCUT2D eigenvalue weighted by Gasteiger charge is -2.22. The number of aryl methyl sites for hydroxylation is 1. The molecule has 1 aliphatic rings. The molecule has 0 bridgehead atoms. The predicted molar refractivity (Wildman–Crippen MR) is 86.6 cm³/mol. The van der Waals surface area contributed by atoms with Crippen LogP contribution in [0.1, 0.15) is 25.1 Å². The summed E-state index contributed by atoms with van der Waals surface area (Å²) >= 11 is 0. The third-order valence-corrected chi connectivity index (χ3v) is 4.34. The van der Waals surface area contributed by atoms with E-state index < -0.39 is 44.0 Å². The van der Waals surface area contributed by atoms with Crippen LogP contribution in [-0.2, 0) is 23.3 Å². The van der Waals surface area contributed by atoms with Crippen molar-refractivity contribution in [1.29, 1.82) is 0 Å². The van der Waals surface area contributed by atoms with Gasteiger partial charge in [-0.1, -0.05) is 6.92 Å². The minimum atomic E-state index is -2.88. The third kappa shape index (κ3) is 4.60. The van der Waals surface area contributed by atoms with Crippen LogP contribution in [0.2, 0.25) is 0 Å². The largest absolute Gasteiger partial charge is 0.695 e. The molecule has 0 radical (unpaired) electrons. The first-order valence-corrected chi connectivity index (χ1v) is 8.93. The maximum Gasteiger partial charge on any atom is 0.695 e. The quantitative estimate of drug-likeness (QED) is 0.486. The number of nitrogens with zero attached hydrogens (tertiary/aromatic N) is 1. The molecule has 25 heavy (non-hydrogen) atoms. The molecular formula is C14H22N2O8P+. The van der Waals surface area contributed by atoms with E-state index in [0.717, 1.165) is 0 Å². The van der Waals surface area contributed by atoms with Gasteiger partial charge in [-0.25, -0.2) is 4.79 Å². The summed E-state index contributed by atoms with van der Waals surface area (Å²) in [5.74, 6) is 0. The van der Waals surface area contributed by atoms with Gasteiger partial charge in [-0.3, -0.25) is 14.3 Å². The highest BCUT2D eigenvalue weighted by atomic mass is 31.1. The average molecular weight is 377 g/mol. The van der Waals surface area contributed by atoms with Crippen molar-refractivity contribution in [3.63, 3.8) is 0 Å². The van der Waals surface area contributed by atoms with Crippen molar-refractivity contribution in [1.82, 2.24) is 9.55 Å². The Bertz CT molecular complexity index is 718. The van der Waals surface area contributed by atoms with Crippen LogP contribution in [0.5, 0.6) is 0 Å². The molecule has 2 heterocycles. The molecule has 2 unspecified atom stereocenters. The van der Waals surface area contributed by atoms with E-state index in [2.05, 4.69) is 4.98 Å². The number of hydrogen-bond donors (Lipinski definition) is 2. The fraction of sp³-hybridized carbons (Fsp3) is 0.714. The molecule has 1 aliphatic heterocycles. The van der Waals surface area contributed by atoms with Crippen molar-refractivity contribution in [3.8, 4) is 0 Å². The number of aromatic amines is 1. The fourth-order valence-electron chi connectivity index (χ4n) is 2.71. The molecule has 0 spiro atoms. The molecule has 5 atom stereocenters. The van der Waals surface area contributed by atoms with Gasteiger partial charge >= 0.3 is 13.9 Å². The lowest BCUT2D eigenvalue weighted by molar-refractivity contribution is -0.0780. The van der Waals surface area contributed by atoms with E-state index in [1.54, 1.807) is 6.92 Å². The van der Waals surface area contributed by atoms with E-state index in [9.17, 15) is 14.2 Å². The predicted octanol–water partition coefficient (Wildman–Crippen LogP) is 0.219. The van der Waals surface area contributed by atoms with Gasteiger partial charge in [-0.05, 0) is 13.3 Å². The van der Waals surface area contributed by atoms with Crippen molar-refractivity contribution < 1.29 is 28.2 Å². The van der Waals surface area contributed by atoms with Gasteiger partial charge in [-0.2, -0.15) is 0 Å². The number of aromatic nitrogens is 2. The van der Waals surface area contributed by atoms with Crippen LogP contribution < -0.4 is 11.2 Å². The average Bonchev–Trinajstić information content (AvgIpc) is 2.88. The van der Waals surface area contributed by atoms with Crippen molar-refractivity contribution in [2.75, 3.05) is 20.3 Å². The smallest absolute Gasteiger partial charge is 0.382 e. The number of ether oxygens (including phenoxy) is 3. The Morgan fingerprint density at radius 3 is 2.68 bits per heavy atom. The fourth-order valence-corrected chi connectivity index (χ4v) is 3.18. The molecule has 0 aromatic carbocycles. The second kappa shape index (κ2) is 8.79. The summed E-state index contributed by atoms with van der Waals surface area (Å²) in [6, 6.07) is 0. The lowest BCUT2D eigenvalue weighted by atomic mass is 10.1. The zero-order valence-corrected chi connectivity index (χ0v) is 15.1. The molecule has 2 rings (SSSR count). The van der Waals surface area contributed by atoms with Crippen LogP contribution >= 0.6 is 8.25 Å². The maximum atomic E-state index is 12.2. The van der Waals surface area contributed by atoms with E-state index >= 15 is 0 Å². The van der Waals surface area contributed by atoms with Gasteiger partial charge in [0.25, 0.3) is 5.56 Å². The normalized spacial score (nSPS) is 26.8. The number of hydrogen-bond acceptors (Lipinski definition) is 7. The lowest BCUT2D eigenvalue weighted by Crippen LogP contribution is -2.40. The first-order chi connectivity index (χ1) is 11.9. The highest BCUT2D eigenvalue weighted by Crippen LogP contribution is 2.38. The Morgan fingerprint density at radius 2 is 2.08 bits per heavy atom. The number of H-pyrrole nitrogens is 1. The second-order valence-electron chi connectivity index (χ2n) is 5.59. The van der Waals surface area contributed by atoms with Crippen LogP contribution in [0.3, 0.4) is 0 Å². The van der Waals surface area contributed by atoms with E-state index in [-0.39, 0.29) is 13.2 Å². The molecule has 1 aromatic rings. The van der Waals surface area contributed by atoms with Gasteiger partial charge in [0.15, 0.2) is 12.3 Å². The summed E-state index contributed by atoms with van der Waals surface area (Å²) in [4.78, 5) is 35.1. The van der Waals surface area contributed by atoms with Gasteiger partial charge in [0.05, 0.1) is 19.3 Å². The molecule has 1 fully saturated rings. The van der Waals surface area contributed by atoms with Gasteiger partial charge in [-0.15, -0.1) is 9.42 Å².